The number of halogens is 4. The molecule has 0 saturated carbocycles. The molecular weight excluding hydrogens is 518 g/mol. The van der Waals surface area contributed by atoms with E-state index < -0.39 is 40.0 Å². The van der Waals surface area contributed by atoms with Crippen molar-refractivity contribution >= 4 is 27.8 Å². The zero-order valence-electron chi connectivity index (χ0n) is 19.5. The second-order valence-electron chi connectivity index (χ2n) is 7.42. The molecule has 3 aromatic carbocycles. The number of nitrogens with zero attached hydrogens (tertiary/aromatic N) is 2. The van der Waals surface area contributed by atoms with Gasteiger partial charge in [0, 0.05) is 6.07 Å². The van der Waals surface area contributed by atoms with E-state index in [-0.39, 0.29) is 27.6 Å². The molecule has 8 nitrogen and oxygen atoms in total. The van der Waals surface area contributed by atoms with Crippen LogP contribution in [0.3, 0.4) is 0 Å². The van der Waals surface area contributed by atoms with E-state index in [1.165, 1.54) is 56.7 Å². The topological polar surface area (TPSA) is 97.3 Å². The molecule has 3 aromatic rings. The standard InChI is InChI=1S/C24H21F4N3O5S/c1-35-21-11-10-20(13-22(21)36-2)37(33,34)31(19-8-6-18(25)7-9-19)15-23(32)30-29-14-16-4-3-5-17(12-16)24(26,27)28/h3-14H,15H2,1-2H3,(H,30,32)/b29-14-. The van der Waals surface area contributed by atoms with Crippen molar-refractivity contribution in [3.8, 4) is 11.5 Å². The maximum absolute atomic E-state index is 13.5. The van der Waals surface area contributed by atoms with Crippen LogP contribution in [0.25, 0.3) is 0 Å². The average molecular weight is 540 g/mol. The number of hydrogen-bond acceptors (Lipinski definition) is 6. The Hall–Kier alpha value is -4.13. The molecule has 0 aromatic heterocycles. The minimum atomic E-state index is -4.55. The molecular formula is C24H21F4N3O5S. The van der Waals surface area contributed by atoms with Gasteiger partial charge in [0.05, 0.1) is 36.6 Å². The molecule has 3 rings (SSSR count). The summed E-state index contributed by atoms with van der Waals surface area (Å²) in [6.45, 7) is -0.776. The highest BCUT2D eigenvalue weighted by molar-refractivity contribution is 7.92. The molecule has 0 saturated heterocycles. The third-order valence-corrected chi connectivity index (χ3v) is 6.73. The van der Waals surface area contributed by atoms with Gasteiger partial charge in [-0.2, -0.15) is 18.3 Å². The molecule has 0 fully saturated rings. The monoisotopic (exact) mass is 539 g/mol. The number of rotatable bonds is 9. The van der Waals surface area contributed by atoms with E-state index in [4.69, 9.17) is 9.47 Å². The Morgan fingerprint density at radius 2 is 1.68 bits per heavy atom. The van der Waals surface area contributed by atoms with E-state index in [1.54, 1.807) is 0 Å². The van der Waals surface area contributed by atoms with Crippen molar-refractivity contribution in [2.45, 2.75) is 11.1 Å². The SMILES string of the molecule is COc1ccc(S(=O)(=O)N(CC(=O)N/N=C\c2cccc(C(F)(F)F)c2)c2ccc(F)cc2)cc1OC. The first-order chi connectivity index (χ1) is 17.5. The molecule has 0 spiro atoms. The molecule has 0 aliphatic rings. The highest BCUT2D eigenvalue weighted by Crippen LogP contribution is 2.32. The number of hydrazone groups is 1. The fourth-order valence-electron chi connectivity index (χ4n) is 3.17. The van der Waals surface area contributed by atoms with E-state index in [9.17, 15) is 30.8 Å². The first kappa shape index (κ1) is 27.5. The molecule has 1 amide bonds. The number of ether oxygens (including phenoxy) is 2. The van der Waals surface area contributed by atoms with E-state index >= 15 is 0 Å². The number of alkyl halides is 3. The molecule has 37 heavy (non-hydrogen) atoms. The smallest absolute Gasteiger partial charge is 0.416 e. The highest BCUT2D eigenvalue weighted by Gasteiger charge is 2.30. The van der Waals surface area contributed by atoms with Crippen LogP contribution in [0.15, 0.2) is 76.7 Å². The first-order valence-corrected chi connectivity index (χ1v) is 11.9. The first-order valence-electron chi connectivity index (χ1n) is 10.4. The molecule has 0 aliphatic carbocycles. The van der Waals surface area contributed by atoms with Gasteiger partial charge in [-0.05, 0) is 54.1 Å². The van der Waals surface area contributed by atoms with Crippen LogP contribution in [0, 0.1) is 5.82 Å². The Morgan fingerprint density at radius 3 is 2.30 bits per heavy atom. The summed E-state index contributed by atoms with van der Waals surface area (Å²) in [5.41, 5.74) is 1.23. The summed E-state index contributed by atoms with van der Waals surface area (Å²) in [6, 6.07) is 12.5. The fraction of sp³-hybridized carbons (Fsp3) is 0.167. The number of anilines is 1. The number of hydrogen-bond donors (Lipinski definition) is 1. The average Bonchev–Trinajstić information content (AvgIpc) is 2.87. The summed E-state index contributed by atoms with van der Waals surface area (Å²) in [4.78, 5) is 12.3. The van der Waals surface area contributed by atoms with Crippen molar-refractivity contribution in [3.05, 3.63) is 83.7 Å². The second kappa shape index (κ2) is 11.3. The molecule has 1 N–H and O–H groups in total. The summed E-state index contributed by atoms with van der Waals surface area (Å²) in [5, 5.41) is 3.62. The predicted octanol–water partition coefficient (Wildman–Crippen LogP) is 4.21. The van der Waals surface area contributed by atoms with Crippen LogP contribution in [0.1, 0.15) is 11.1 Å². The molecule has 196 valence electrons. The van der Waals surface area contributed by atoms with E-state index in [1.807, 2.05) is 0 Å². The van der Waals surface area contributed by atoms with Crippen molar-refractivity contribution in [2.24, 2.45) is 5.10 Å². The summed E-state index contributed by atoms with van der Waals surface area (Å²) in [5.74, 6) is -1.13. The van der Waals surface area contributed by atoms with E-state index in [0.717, 1.165) is 34.8 Å². The van der Waals surface area contributed by atoms with Crippen LogP contribution >= 0.6 is 0 Å². The number of benzene rings is 3. The highest BCUT2D eigenvalue weighted by atomic mass is 32.2. The maximum atomic E-state index is 13.5. The Kier molecular flexibility index (Phi) is 8.38. The van der Waals surface area contributed by atoms with Crippen LogP contribution in [0.5, 0.6) is 11.5 Å². The molecule has 13 heteroatoms. The Morgan fingerprint density at radius 1 is 1.00 bits per heavy atom. The number of sulfonamides is 1. The summed E-state index contributed by atoms with van der Waals surface area (Å²) in [7, 11) is -1.68. The van der Waals surface area contributed by atoms with Crippen molar-refractivity contribution in [1.29, 1.82) is 0 Å². The van der Waals surface area contributed by atoms with E-state index in [0.29, 0.717) is 0 Å². The van der Waals surface area contributed by atoms with Crippen molar-refractivity contribution in [3.63, 3.8) is 0 Å². The Bertz CT molecular complexity index is 1390. The van der Waals surface area contributed by atoms with Gasteiger partial charge in [0.2, 0.25) is 0 Å². The van der Waals surface area contributed by atoms with Crippen molar-refractivity contribution in [2.75, 3.05) is 25.1 Å². The predicted molar refractivity (Wildman–Crippen MR) is 128 cm³/mol. The lowest BCUT2D eigenvalue weighted by atomic mass is 10.1. The molecule has 0 atom stereocenters. The lowest BCUT2D eigenvalue weighted by molar-refractivity contribution is -0.137. The zero-order valence-corrected chi connectivity index (χ0v) is 20.3. The van der Waals surface area contributed by atoms with Crippen LogP contribution < -0.4 is 19.2 Å². The number of nitrogens with one attached hydrogen (secondary N) is 1. The van der Waals surface area contributed by atoms with Crippen molar-refractivity contribution < 1.29 is 40.2 Å². The Labute approximate surface area is 210 Å². The minimum Gasteiger partial charge on any atom is -0.493 e. The lowest BCUT2D eigenvalue weighted by Crippen LogP contribution is -2.39. The van der Waals surface area contributed by atoms with Gasteiger partial charge in [-0.3, -0.25) is 9.10 Å². The van der Waals surface area contributed by atoms with Gasteiger partial charge >= 0.3 is 6.18 Å². The van der Waals surface area contributed by atoms with Crippen LogP contribution in [0.2, 0.25) is 0 Å². The summed E-state index contributed by atoms with van der Waals surface area (Å²) in [6.07, 6.45) is -3.57. The Balaban J connectivity index is 1.87. The normalized spacial score (nSPS) is 11.8. The van der Waals surface area contributed by atoms with Crippen LogP contribution in [-0.4, -0.2) is 41.3 Å². The quantitative estimate of drug-likeness (QED) is 0.250. The third kappa shape index (κ3) is 6.76. The summed E-state index contributed by atoms with van der Waals surface area (Å²) < 4.78 is 90.0. The molecule has 0 unspecified atom stereocenters. The molecule has 0 bridgehead atoms. The fourth-order valence-corrected chi connectivity index (χ4v) is 4.60. The van der Waals surface area contributed by atoms with Crippen molar-refractivity contribution in [1.82, 2.24) is 5.43 Å². The molecule has 0 aliphatic heterocycles. The van der Waals surface area contributed by atoms with Crippen LogP contribution in [0.4, 0.5) is 23.2 Å². The van der Waals surface area contributed by atoms with Gasteiger partial charge in [-0.25, -0.2) is 18.2 Å². The number of amides is 1. The largest absolute Gasteiger partial charge is 0.493 e. The second-order valence-corrected chi connectivity index (χ2v) is 9.28. The van der Waals surface area contributed by atoms with Gasteiger partial charge < -0.3 is 9.47 Å². The van der Waals surface area contributed by atoms with Gasteiger partial charge in [0.1, 0.15) is 12.4 Å². The van der Waals surface area contributed by atoms with Gasteiger partial charge in [-0.15, -0.1) is 0 Å². The lowest BCUT2D eigenvalue weighted by Gasteiger charge is -2.24. The van der Waals surface area contributed by atoms with Crippen LogP contribution in [-0.2, 0) is 21.0 Å². The maximum Gasteiger partial charge on any atom is 0.416 e. The van der Waals surface area contributed by atoms with Gasteiger partial charge in [-0.1, -0.05) is 12.1 Å². The number of carbonyl (C=O) groups is 1. The number of carbonyl (C=O) groups excluding carboxylic acids is 1. The summed E-state index contributed by atoms with van der Waals surface area (Å²) >= 11 is 0. The van der Waals surface area contributed by atoms with Gasteiger partial charge in [0.15, 0.2) is 11.5 Å². The molecule has 0 heterocycles. The minimum absolute atomic E-state index is 0.0202. The third-order valence-electron chi connectivity index (χ3n) is 4.96. The number of methoxy groups -OCH3 is 2. The molecule has 0 radical (unpaired) electrons. The van der Waals surface area contributed by atoms with Gasteiger partial charge in [0.25, 0.3) is 15.9 Å². The zero-order chi connectivity index (χ0) is 27.2. The van der Waals surface area contributed by atoms with E-state index in [2.05, 4.69) is 10.5 Å².